The molecule has 0 atom stereocenters. The molecule has 0 radical (unpaired) electrons. The minimum Gasteiger partial charge on any atom is -0.497 e. The van der Waals surface area contributed by atoms with Crippen molar-refractivity contribution in [1.82, 2.24) is 0 Å². The van der Waals surface area contributed by atoms with Crippen LogP contribution in [0.25, 0.3) is 6.08 Å². The van der Waals surface area contributed by atoms with Crippen LogP contribution >= 0.6 is 24.0 Å². The van der Waals surface area contributed by atoms with Crippen LogP contribution < -0.4 is 9.64 Å². The SMILES string of the molecule is COc1ccc(C=C2SC(=S)N(c3cc(C)ccc3C)C2=O)cc1. The molecule has 2 aromatic rings. The Morgan fingerprint density at radius 2 is 1.83 bits per heavy atom. The van der Waals surface area contributed by atoms with Gasteiger partial charge in [-0.25, -0.2) is 0 Å². The van der Waals surface area contributed by atoms with Crippen molar-refractivity contribution in [2.75, 3.05) is 12.0 Å². The predicted molar refractivity (Wildman–Crippen MR) is 105 cm³/mol. The normalized spacial score (nSPS) is 16.1. The van der Waals surface area contributed by atoms with Gasteiger partial charge in [-0.05, 0) is 54.8 Å². The van der Waals surface area contributed by atoms with Crippen LogP contribution in [0.4, 0.5) is 5.69 Å². The highest BCUT2D eigenvalue weighted by atomic mass is 32.2. The number of nitrogens with zero attached hydrogens (tertiary/aromatic N) is 1. The Balaban J connectivity index is 1.93. The number of aryl methyl sites for hydroxylation is 2. The topological polar surface area (TPSA) is 29.5 Å². The summed E-state index contributed by atoms with van der Waals surface area (Å²) in [5, 5.41) is 0. The fourth-order valence-corrected chi connectivity index (χ4v) is 3.77. The van der Waals surface area contributed by atoms with E-state index >= 15 is 0 Å². The maximum Gasteiger partial charge on any atom is 0.270 e. The van der Waals surface area contributed by atoms with Crippen LogP contribution in [0.1, 0.15) is 16.7 Å². The van der Waals surface area contributed by atoms with Gasteiger partial charge in [-0.3, -0.25) is 9.69 Å². The summed E-state index contributed by atoms with van der Waals surface area (Å²) in [6.07, 6.45) is 1.86. The van der Waals surface area contributed by atoms with Gasteiger partial charge in [-0.1, -0.05) is 48.2 Å². The third-order valence-corrected chi connectivity index (χ3v) is 5.11. The second-order valence-corrected chi connectivity index (χ2v) is 7.26. The van der Waals surface area contributed by atoms with Gasteiger partial charge < -0.3 is 4.74 Å². The van der Waals surface area contributed by atoms with Crippen molar-refractivity contribution in [1.29, 1.82) is 0 Å². The molecule has 5 heteroatoms. The predicted octanol–water partition coefficient (Wildman–Crippen LogP) is 4.72. The summed E-state index contributed by atoms with van der Waals surface area (Å²) in [5.41, 5.74) is 3.93. The molecule has 1 amide bonds. The number of amides is 1. The summed E-state index contributed by atoms with van der Waals surface area (Å²) in [7, 11) is 1.63. The standard InChI is InChI=1S/C19H17NO2S2/c1-12-4-5-13(2)16(10-12)20-18(21)17(24-19(20)23)11-14-6-8-15(22-3)9-7-14/h4-11H,1-3H3. The minimum absolute atomic E-state index is 0.0745. The van der Waals surface area contributed by atoms with Gasteiger partial charge in [0.15, 0.2) is 4.32 Å². The number of hydrogen-bond donors (Lipinski definition) is 0. The van der Waals surface area contributed by atoms with Crippen LogP contribution in [-0.2, 0) is 4.79 Å². The van der Waals surface area contributed by atoms with E-state index in [4.69, 9.17) is 17.0 Å². The number of methoxy groups -OCH3 is 1. The van der Waals surface area contributed by atoms with Crippen molar-refractivity contribution in [2.24, 2.45) is 0 Å². The van der Waals surface area contributed by atoms with Gasteiger partial charge in [-0.2, -0.15) is 0 Å². The summed E-state index contributed by atoms with van der Waals surface area (Å²) in [5.74, 6) is 0.713. The summed E-state index contributed by atoms with van der Waals surface area (Å²) >= 11 is 6.78. The van der Waals surface area contributed by atoms with Gasteiger partial charge in [0.25, 0.3) is 5.91 Å². The molecule has 1 fully saturated rings. The van der Waals surface area contributed by atoms with E-state index in [-0.39, 0.29) is 5.91 Å². The average molecular weight is 355 g/mol. The number of anilines is 1. The lowest BCUT2D eigenvalue weighted by Gasteiger charge is -2.17. The number of thiocarbonyl (C=S) groups is 1. The smallest absolute Gasteiger partial charge is 0.270 e. The molecule has 3 rings (SSSR count). The first-order chi connectivity index (χ1) is 11.5. The molecule has 0 N–H and O–H groups in total. The molecule has 1 aliphatic heterocycles. The van der Waals surface area contributed by atoms with Crippen molar-refractivity contribution in [3.63, 3.8) is 0 Å². The molecule has 2 aromatic carbocycles. The molecular formula is C19H17NO2S2. The lowest BCUT2D eigenvalue weighted by molar-refractivity contribution is -0.113. The molecule has 0 bridgehead atoms. The van der Waals surface area contributed by atoms with Gasteiger partial charge in [0.1, 0.15) is 5.75 Å². The Labute approximate surface area is 151 Å². The number of benzene rings is 2. The van der Waals surface area contributed by atoms with Gasteiger partial charge in [0.05, 0.1) is 17.7 Å². The number of ether oxygens (including phenoxy) is 1. The van der Waals surface area contributed by atoms with Crippen molar-refractivity contribution < 1.29 is 9.53 Å². The Morgan fingerprint density at radius 1 is 1.12 bits per heavy atom. The van der Waals surface area contributed by atoms with E-state index < -0.39 is 0 Å². The molecule has 1 saturated heterocycles. The Morgan fingerprint density at radius 3 is 2.50 bits per heavy atom. The molecule has 0 saturated carbocycles. The zero-order chi connectivity index (χ0) is 17.3. The van der Waals surface area contributed by atoms with Crippen molar-refractivity contribution in [3.8, 4) is 5.75 Å². The molecule has 0 aliphatic carbocycles. The first kappa shape index (κ1) is 16.7. The molecule has 1 heterocycles. The molecule has 0 unspecified atom stereocenters. The largest absolute Gasteiger partial charge is 0.497 e. The zero-order valence-electron chi connectivity index (χ0n) is 13.7. The van der Waals surface area contributed by atoms with Crippen molar-refractivity contribution in [3.05, 3.63) is 64.1 Å². The van der Waals surface area contributed by atoms with Gasteiger partial charge in [0, 0.05) is 0 Å². The Hall–Kier alpha value is -2.11. The van der Waals surface area contributed by atoms with E-state index in [0.717, 1.165) is 28.1 Å². The van der Waals surface area contributed by atoms with E-state index in [2.05, 4.69) is 0 Å². The fourth-order valence-electron chi connectivity index (χ4n) is 2.49. The lowest BCUT2D eigenvalue weighted by atomic mass is 10.1. The number of hydrogen-bond acceptors (Lipinski definition) is 4. The molecule has 1 aliphatic rings. The summed E-state index contributed by atoms with van der Waals surface area (Å²) in [4.78, 5) is 15.1. The second kappa shape index (κ2) is 6.79. The quantitative estimate of drug-likeness (QED) is 0.589. The van der Waals surface area contributed by atoms with E-state index in [9.17, 15) is 4.79 Å². The zero-order valence-corrected chi connectivity index (χ0v) is 15.3. The van der Waals surface area contributed by atoms with Crippen LogP contribution in [0.5, 0.6) is 5.75 Å². The molecule has 0 spiro atoms. The van der Waals surface area contributed by atoms with E-state index in [1.165, 1.54) is 11.8 Å². The average Bonchev–Trinajstić information content (AvgIpc) is 2.84. The highest BCUT2D eigenvalue weighted by Crippen LogP contribution is 2.37. The minimum atomic E-state index is -0.0745. The first-order valence-corrected chi connectivity index (χ1v) is 8.71. The lowest BCUT2D eigenvalue weighted by Crippen LogP contribution is -2.28. The van der Waals surface area contributed by atoms with Crippen molar-refractivity contribution in [2.45, 2.75) is 13.8 Å². The molecule has 24 heavy (non-hydrogen) atoms. The molecule has 122 valence electrons. The van der Waals surface area contributed by atoms with Crippen LogP contribution in [0.3, 0.4) is 0 Å². The van der Waals surface area contributed by atoms with E-state index in [1.807, 2.05) is 62.4 Å². The highest BCUT2D eigenvalue weighted by Gasteiger charge is 2.34. The van der Waals surface area contributed by atoms with E-state index in [0.29, 0.717) is 9.23 Å². The number of carbonyl (C=O) groups is 1. The number of carbonyl (C=O) groups excluding carboxylic acids is 1. The van der Waals surface area contributed by atoms with Crippen LogP contribution in [-0.4, -0.2) is 17.3 Å². The third-order valence-electron chi connectivity index (χ3n) is 3.81. The van der Waals surface area contributed by atoms with Gasteiger partial charge in [0.2, 0.25) is 0 Å². The Bertz CT molecular complexity index is 841. The molecule has 0 aromatic heterocycles. The highest BCUT2D eigenvalue weighted by molar-refractivity contribution is 8.27. The maximum atomic E-state index is 12.8. The fraction of sp³-hybridized carbons (Fsp3) is 0.158. The third kappa shape index (κ3) is 3.23. The van der Waals surface area contributed by atoms with Crippen molar-refractivity contribution >= 4 is 46.0 Å². The van der Waals surface area contributed by atoms with Crippen LogP contribution in [0.15, 0.2) is 47.4 Å². The summed E-state index contributed by atoms with van der Waals surface area (Å²) in [6, 6.07) is 13.6. The second-order valence-electron chi connectivity index (χ2n) is 5.58. The Kier molecular flexibility index (Phi) is 4.73. The van der Waals surface area contributed by atoms with Crippen LogP contribution in [0, 0.1) is 13.8 Å². The van der Waals surface area contributed by atoms with Gasteiger partial charge >= 0.3 is 0 Å². The molecule has 3 nitrogen and oxygen atoms in total. The summed E-state index contributed by atoms with van der Waals surface area (Å²) < 4.78 is 5.72. The first-order valence-electron chi connectivity index (χ1n) is 7.49. The number of thioether (sulfide) groups is 1. The summed E-state index contributed by atoms with van der Waals surface area (Å²) in [6.45, 7) is 3.99. The number of rotatable bonds is 3. The van der Waals surface area contributed by atoms with Gasteiger partial charge in [-0.15, -0.1) is 0 Å². The van der Waals surface area contributed by atoms with E-state index in [1.54, 1.807) is 12.0 Å². The van der Waals surface area contributed by atoms with Crippen LogP contribution in [0.2, 0.25) is 0 Å². The monoisotopic (exact) mass is 355 g/mol. The molecular weight excluding hydrogens is 338 g/mol. The maximum absolute atomic E-state index is 12.8.